The molecule has 1 amide bonds. The van der Waals surface area contributed by atoms with Crippen molar-refractivity contribution in [2.75, 3.05) is 18.5 Å². The Kier molecular flexibility index (Phi) is 6.23. The van der Waals surface area contributed by atoms with Gasteiger partial charge in [-0.15, -0.1) is 0 Å². The molecule has 0 radical (unpaired) electrons. The number of carbonyl (C=O) groups excluding carboxylic acids is 1. The fourth-order valence-corrected chi connectivity index (χ4v) is 2.93. The number of aromatic nitrogens is 2. The molecule has 1 heterocycles. The van der Waals surface area contributed by atoms with Crippen molar-refractivity contribution < 1.29 is 18.8 Å². The van der Waals surface area contributed by atoms with Gasteiger partial charge in [0.2, 0.25) is 5.82 Å². The Morgan fingerprint density at radius 2 is 1.65 bits per heavy atom. The molecule has 0 unspecified atom stereocenters. The third-order valence-electron chi connectivity index (χ3n) is 4.39. The summed E-state index contributed by atoms with van der Waals surface area (Å²) in [6.07, 6.45) is 0. The van der Waals surface area contributed by atoms with Gasteiger partial charge in [-0.2, -0.15) is 4.98 Å². The van der Waals surface area contributed by atoms with Crippen LogP contribution in [-0.2, 0) is 4.79 Å². The van der Waals surface area contributed by atoms with Crippen LogP contribution >= 0.6 is 0 Å². The third kappa shape index (κ3) is 5.08. The number of amides is 1. The normalized spacial score (nSPS) is 10.5. The molecule has 0 aliphatic rings. The van der Waals surface area contributed by atoms with E-state index in [1.54, 1.807) is 36.4 Å². The van der Waals surface area contributed by atoms with Gasteiger partial charge in [-0.05, 0) is 43.3 Å². The molecule has 0 fully saturated rings. The molecule has 4 rings (SSSR count). The fraction of sp³-hybridized carbons (Fsp3) is 0.125. The van der Waals surface area contributed by atoms with Gasteiger partial charge in [0.05, 0.1) is 12.3 Å². The summed E-state index contributed by atoms with van der Waals surface area (Å²) in [4.78, 5) is 16.7. The van der Waals surface area contributed by atoms with E-state index in [0.717, 1.165) is 11.1 Å². The van der Waals surface area contributed by atoms with Gasteiger partial charge in [-0.1, -0.05) is 47.6 Å². The molecular weight excluding hydrogens is 394 g/mol. The second-order valence-corrected chi connectivity index (χ2v) is 6.58. The second kappa shape index (κ2) is 9.58. The van der Waals surface area contributed by atoms with Gasteiger partial charge in [-0.25, -0.2) is 0 Å². The van der Waals surface area contributed by atoms with Crippen molar-refractivity contribution in [1.82, 2.24) is 10.1 Å². The van der Waals surface area contributed by atoms with Gasteiger partial charge >= 0.3 is 0 Å². The Hall–Kier alpha value is -4.13. The van der Waals surface area contributed by atoms with E-state index in [1.807, 2.05) is 49.4 Å². The lowest BCUT2D eigenvalue weighted by Gasteiger charge is -2.11. The number of rotatable bonds is 8. The number of hydrogen-bond acceptors (Lipinski definition) is 6. The Labute approximate surface area is 179 Å². The fourth-order valence-electron chi connectivity index (χ4n) is 2.93. The molecule has 0 saturated heterocycles. The van der Waals surface area contributed by atoms with Crippen molar-refractivity contribution in [1.29, 1.82) is 0 Å². The molecule has 0 aliphatic carbocycles. The maximum atomic E-state index is 12.2. The van der Waals surface area contributed by atoms with Crippen molar-refractivity contribution in [2.24, 2.45) is 0 Å². The highest BCUT2D eigenvalue weighted by Crippen LogP contribution is 2.25. The van der Waals surface area contributed by atoms with Gasteiger partial charge < -0.3 is 19.3 Å². The molecule has 3 aromatic carbocycles. The van der Waals surface area contributed by atoms with Crippen LogP contribution in [0.1, 0.15) is 6.92 Å². The van der Waals surface area contributed by atoms with Crippen LogP contribution < -0.4 is 14.8 Å². The Morgan fingerprint density at radius 1 is 0.903 bits per heavy atom. The second-order valence-electron chi connectivity index (χ2n) is 6.58. The maximum Gasteiger partial charge on any atom is 0.262 e. The topological polar surface area (TPSA) is 86.5 Å². The van der Waals surface area contributed by atoms with Crippen molar-refractivity contribution >= 4 is 11.6 Å². The van der Waals surface area contributed by atoms with Crippen LogP contribution in [-0.4, -0.2) is 29.3 Å². The lowest BCUT2D eigenvalue weighted by atomic mass is 10.2. The maximum absolute atomic E-state index is 12.2. The van der Waals surface area contributed by atoms with Crippen LogP contribution in [0.25, 0.3) is 22.8 Å². The zero-order valence-corrected chi connectivity index (χ0v) is 16.9. The summed E-state index contributed by atoms with van der Waals surface area (Å²) in [6, 6.07) is 24.0. The van der Waals surface area contributed by atoms with Crippen molar-refractivity contribution in [3.8, 4) is 34.3 Å². The number of para-hydroxylation sites is 2. The van der Waals surface area contributed by atoms with E-state index < -0.39 is 0 Å². The molecule has 0 bridgehead atoms. The van der Waals surface area contributed by atoms with Gasteiger partial charge in [0.25, 0.3) is 11.8 Å². The first kappa shape index (κ1) is 20.2. The first-order valence-corrected chi connectivity index (χ1v) is 9.87. The number of hydrogen-bond donors (Lipinski definition) is 1. The summed E-state index contributed by atoms with van der Waals surface area (Å²) in [5.41, 5.74) is 2.26. The Morgan fingerprint density at radius 3 is 2.42 bits per heavy atom. The highest BCUT2D eigenvalue weighted by Gasteiger charge is 2.11. The number of nitrogens with one attached hydrogen (secondary N) is 1. The molecular formula is C24H21N3O4. The summed E-state index contributed by atoms with van der Waals surface area (Å²) >= 11 is 0. The summed E-state index contributed by atoms with van der Waals surface area (Å²) < 4.78 is 16.5. The molecule has 0 spiro atoms. The molecule has 1 aromatic heterocycles. The van der Waals surface area contributed by atoms with Crippen LogP contribution in [0.5, 0.6) is 11.5 Å². The van der Waals surface area contributed by atoms with E-state index in [0.29, 0.717) is 35.5 Å². The molecule has 0 aliphatic heterocycles. The number of benzene rings is 3. The number of nitrogens with zero attached hydrogens (tertiary/aromatic N) is 2. The Bertz CT molecular complexity index is 1140. The van der Waals surface area contributed by atoms with Crippen LogP contribution in [0, 0.1) is 0 Å². The minimum atomic E-state index is -0.277. The number of anilines is 1. The first-order valence-electron chi connectivity index (χ1n) is 9.87. The van der Waals surface area contributed by atoms with E-state index in [-0.39, 0.29) is 12.5 Å². The lowest BCUT2D eigenvalue weighted by molar-refractivity contribution is -0.118. The highest BCUT2D eigenvalue weighted by atomic mass is 16.5. The van der Waals surface area contributed by atoms with Crippen molar-refractivity contribution in [3.05, 3.63) is 78.9 Å². The van der Waals surface area contributed by atoms with Gasteiger partial charge in [0, 0.05) is 11.1 Å². The SMILES string of the molecule is CCOc1ccccc1NC(=O)COc1ccc(-c2nc(-c3ccccc3)no2)cc1. The summed E-state index contributed by atoms with van der Waals surface area (Å²) in [6.45, 7) is 2.28. The predicted molar refractivity (Wildman–Crippen MR) is 117 cm³/mol. The van der Waals surface area contributed by atoms with Crippen LogP contribution in [0.2, 0.25) is 0 Å². The van der Waals surface area contributed by atoms with Crippen molar-refractivity contribution in [2.45, 2.75) is 6.92 Å². The van der Waals surface area contributed by atoms with E-state index in [9.17, 15) is 4.79 Å². The molecule has 0 saturated carbocycles. The highest BCUT2D eigenvalue weighted by molar-refractivity contribution is 5.93. The van der Waals surface area contributed by atoms with Crippen molar-refractivity contribution in [3.63, 3.8) is 0 Å². The largest absolute Gasteiger partial charge is 0.492 e. The molecule has 31 heavy (non-hydrogen) atoms. The summed E-state index contributed by atoms with van der Waals surface area (Å²) in [7, 11) is 0. The van der Waals surface area contributed by atoms with Gasteiger partial charge in [0.15, 0.2) is 6.61 Å². The zero-order chi connectivity index (χ0) is 21.5. The van der Waals surface area contributed by atoms with E-state index in [2.05, 4.69) is 15.5 Å². The minimum absolute atomic E-state index is 0.126. The number of carbonyl (C=O) groups is 1. The molecule has 4 aromatic rings. The molecule has 7 nitrogen and oxygen atoms in total. The molecule has 7 heteroatoms. The average Bonchev–Trinajstić information content (AvgIpc) is 3.31. The van der Waals surface area contributed by atoms with E-state index >= 15 is 0 Å². The number of ether oxygens (including phenoxy) is 2. The monoisotopic (exact) mass is 415 g/mol. The standard InChI is InChI=1S/C24H21N3O4/c1-2-29-21-11-7-6-10-20(21)25-22(28)16-30-19-14-12-18(13-15-19)24-26-23(27-31-24)17-8-4-3-5-9-17/h3-15H,2,16H2,1H3,(H,25,28). The van der Waals surface area contributed by atoms with Crippen LogP contribution in [0.15, 0.2) is 83.4 Å². The molecule has 1 N–H and O–H groups in total. The lowest BCUT2D eigenvalue weighted by Crippen LogP contribution is -2.20. The quantitative estimate of drug-likeness (QED) is 0.444. The van der Waals surface area contributed by atoms with E-state index in [1.165, 1.54) is 0 Å². The van der Waals surface area contributed by atoms with Gasteiger partial charge in [-0.3, -0.25) is 4.79 Å². The summed E-state index contributed by atoms with van der Waals surface area (Å²) in [5.74, 6) is 1.84. The smallest absolute Gasteiger partial charge is 0.262 e. The first-order chi connectivity index (χ1) is 15.2. The van der Waals surface area contributed by atoms with Crippen LogP contribution in [0.3, 0.4) is 0 Å². The predicted octanol–water partition coefficient (Wildman–Crippen LogP) is 4.82. The summed E-state index contributed by atoms with van der Waals surface area (Å²) in [5, 5.41) is 6.82. The van der Waals surface area contributed by atoms with E-state index in [4.69, 9.17) is 14.0 Å². The molecule has 156 valence electrons. The van der Waals surface area contributed by atoms with Gasteiger partial charge in [0.1, 0.15) is 11.5 Å². The Balaban J connectivity index is 1.35. The molecule has 0 atom stereocenters. The zero-order valence-electron chi connectivity index (χ0n) is 16.9. The third-order valence-corrected chi connectivity index (χ3v) is 4.39. The minimum Gasteiger partial charge on any atom is -0.492 e. The average molecular weight is 415 g/mol. The van der Waals surface area contributed by atoms with Crippen LogP contribution in [0.4, 0.5) is 5.69 Å².